The van der Waals surface area contributed by atoms with Crippen molar-refractivity contribution in [2.45, 2.75) is 31.9 Å². The van der Waals surface area contributed by atoms with Crippen LogP contribution in [0, 0.1) is 5.82 Å². The van der Waals surface area contributed by atoms with E-state index < -0.39 is 0 Å². The molecular weight excluding hydrogens is 193 g/mol. The van der Waals surface area contributed by atoms with Crippen molar-refractivity contribution in [3.63, 3.8) is 0 Å². The summed E-state index contributed by atoms with van der Waals surface area (Å²) >= 11 is 0. The zero-order valence-corrected chi connectivity index (χ0v) is 9.07. The van der Waals surface area contributed by atoms with Crippen LogP contribution < -0.4 is 4.90 Å². The van der Waals surface area contributed by atoms with E-state index in [0.29, 0.717) is 6.04 Å². The van der Waals surface area contributed by atoms with Gasteiger partial charge in [-0.3, -0.25) is 0 Å². The highest BCUT2D eigenvalue weighted by Crippen LogP contribution is 2.32. The van der Waals surface area contributed by atoms with Crippen LogP contribution in [0.4, 0.5) is 10.1 Å². The van der Waals surface area contributed by atoms with Crippen molar-refractivity contribution in [3.8, 4) is 0 Å². The molecule has 1 heterocycles. The zero-order chi connectivity index (χ0) is 11.0. The number of aliphatic hydroxyl groups excluding tert-OH is 1. The largest absolute Gasteiger partial charge is 0.393 e. The Balaban J connectivity index is 2.21. The van der Waals surface area contributed by atoms with E-state index in [1.807, 2.05) is 13.1 Å². The standard InChI is InChI=1S/C12H16FNO/c1-8(15)5-11-7-9-6-10(13)3-4-12(9)14(11)2/h3-4,6,8,11,15H,5,7H2,1-2H3. The van der Waals surface area contributed by atoms with Crippen LogP contribution in [0.25, 0.3) is 0 Å². The number of aliphatic hydroxyl groups is 1. The summed E-state index contributed by atoms with van der Waals surface area (Å²) < 4.78 is 13.0. The minimum Gasteiger partial charge on any atom is -0.393 e. The van der Waals surface area contributed by atoms with Crippen molar-refractivity contribution in [1.82, 2.24) is 0 Å². The molecule has 1 aliphatic rings. The molecule has 0 radical (unpaired) electrons. The number of anilines is 1. The molecule has 0 aliphatic carbocycles. The predicted molar refractivity (Wildman–Crippen MR) is 58.6 cm³/mol. The fourth-order valence-electron chi connectivity index (χ4n) is 2.28. The Morgan fingerprint density at radius 1 is 1.60 bits per heavy atom. The van der Waals surface area contributed by atoms with Crippen molar-refractivity contribution < 1.29 is 9.50 Å². The van der Waals surface area contributed by atoms with E-state index >= 15 is 0 Å². The fourth-order valence-corrected chi connectivity index (χ4v) is 2.28. The molecule has 2 atom stereocenters. The predicted octanol–water partition coefficient (Wildman–Crippen LogP) is 1.96. The minimum atomic E-state index is -0.309. The van der Waals surface area contributed by atoms with E-state index in [2.05, 4.69) is 4.90 Å². The van der Waals surface area contributed by atoms with Gasteiger partial charge in [-0.15, -0.1) is 0 Å². The molecule has 2 nitrogen and oxygen atoms in total. The van der Waals surface area contributed by atoms with E-state index in [-0.39, 0.29) is 11.9 Å². The summed E-state index contributed by atoms with van der Waals surface area (Å²) in [5.74, 6) is -0.181. The Morgan fingerprint density at radius 2 is 2.33 bits per heavy atom. The molecule has 0 amide bonds. The van der Waals surface area contributed by atoms with E-state index in [4.69, 9.17) is 0 Å². The van der Waals surface area contributed by atoms with Crippen LogP contribution in [-0.4, -0.2) is 24.3 Å². The van der Waals surface area contributed by atoms with E-state index in [0.717, 1.165) is 24.1 Å². The Hall–Kier alpha value is -1.09. The highest BCUT2D eigenvalue weighted by atomic mass is 19.1. The average Bonchev–Trinajstić information content (AvgIpc) is 2.42. The van der Waals surface area contributed by atoms with Crippen LogP contribution in [0.1, 0.15) is 18.9 Å². The van der Waals surface area contributed by atoms with Crippen molar-refractivity contribution in [1.29, 1.82) is 0 Å². The highest BCUT2D eigenvalue weighted by molar-refractivity contribution is 5.58. The lowest BCUT2D eigenvalue weighted by Gasteiger charge is -2.23. The quantitative estimate of drug-likeness (QED) is 0.804. The van der Waals surface area contributed by atoms with Crippen molar-refractivity contribution in [2.75, 3.05) is 11.9 Å². The third-order valence-electron chi connectivity index (χ3n) is 3.04. The second-order valence-corrected chi connectivity index (χ2v) is 4.33. The Labute approximate surface area is 89.3 Å². The molecule has 0 spiro atoms. The maximum Gasteiger partial charge on any atom is 0.123 e. The van der Waals surface area contributed by atoms with Crippen LogP contribution in [0.2, 0.25) is 0 Å². The molecule has 1 aromatic rings. The van der Waals surface area contributed by atoms with Crippen LogP contribution in [0.5, 0.6) is 0 Å². The summed E-state index contributed by atoms with van der Waals surface area (Å²) in [6.45, 7) is 1.79. The number of hydrogen-bond acceptors (Lipinski definition) is 2. The second-order valence-electron chi connectivity index (χ2n) is 4.33. The normalized spacial score (nSPS) is 21.6. The molecule has 0 saturated heterocycles. The van der Waals surface area contributed by atoms with Gasteiger partial charge in [0.25, 0.3) is 0 Å². The first-order chi connectivity index (χ1) is 7.08. The third kappa shape index (κ3) is 1.97. The van der Waals surface area contributed by atoms with Crippen molar-refractivity contribution >= 4 is 5.69 Å². The molecule has 1 aliphatic heterocycles. The number of nitrogens with zero attached hydrogens (tertiary/aromatic N) is 1. The molecule has 2 unspecified atom stereocenters. The molecular formula is C12H16FNO. The van der Waals surface area contributed by atoms with Gasteiger partial charge in [0.05, 0.1) is 6.10 Å². The number of benzene rings is 1. The smallest absolute Gasteiger partial charge is 0.123 e. The summed E-state index contributed by atoms with van der Waals surface area (Å²) in [5, 5.41) is 9.36. The van der Waals surface area contributed by atoms with Gasteiger partial charge in [-0.1, -0.05) is 0 Å². The Kier molecular flexibility index (Phi) is 2.65. The molecule has 2 rings (SSSR count). The monoisotopic (exact) mass is 209 g/mol. The number of hydrogen-bond donors (Lipinski definition) is 1. The third-order valence-corrected chi connectivity index (χ3v) is 3.04. The maximum atomic E-state index is 13.0. The SMILES string of the molecule is CC(O)CC1Cc2cc(F)ccc2N1C. The van der Waals surface area contributed by atoms with Gasteiger partial charge >= 0.3 is 0 Å². The number of likely N-dealkylation sites (N-methyl/N-ethyl adjacent to an activating group) is 1. The zero-order valence-electron chi connectivity index (χ0n) is 9.07. The highest BCUT2D eigenvalue weighted by Gasteiger charge is 2.27. The van der Waals surface area contributed by atoms with Crippen LogP contribution >= 0.6 is 0 Å². The van der Waals surface area contributed by atoms with Gasteiger partial charge in [-0.05, 0) is 43.5 Å². The molecule has 1 aromatic carbocycles. The minimum absolute atomic E-state index is 0.181. The second kappa shape index (κ2) is 3.81. The molecule has 0 saturated carbocycles. The molecule has 3 heteroatoms. The van der Waals surface area contributed by atoms with Crippen molar-refractivity contribution in [2.24, 2.45) is 0 Å². The average molecular weight is 209 g/mol. The molecule has 0 fully saturated rings. The molecule has 15 heavy (non-hydrogen) atoms. The van der Waals surface area contributed by atoms with Crippen LogP contribution in [0.15, 0.2) is 18.2 Å². The van der Waals surface area contributed by atoms with E-state index in [9.17, 15) is 9.50 Å². The van der Waals surface area contributed by atoms with E-state index in [1.165, 1.54) is 6.07 Å². The first-order valence-electron chi connectivity index (χ1n) is 5.27. The van der Waals surface area contributed by atoms with Gasteiger partial charge in [0.15, 0.2) is 0 Å². The molecule has 0 bridgehead atoms. The number of halogens is 1. The lowest BCUT2D eigenvalue weighted by atomic mass is 10.1. The number of fused-ring (bicyclic) bond motifs is 1. The van der Waals surface area contributed by atoms with Crippen LogP contribution in [-0.2, 0) is 6.42 Å². The first-order valence-corrected chi connectivity index (χ1v) is 5.27. The summed E-state index contributed by atoms with van der Waals surface area (Å²) in [5.41, 5.74) is 2.13. The van der Waals surface area contributed by atoms with Gasteiger partial charge in [0.2, 0.25) is 0 Å². The Morgan fingerprint density at radius 3 is 3.00 bits per heavy atom. The topological polar surface area (TPSA) is 23.5 Å². The van der Waals surface area contributed by atoms with Gasteiger partial charge in [-0.2, -0.15) is 0 Å². The van der Waals surface area contributed by atoms with Crippen LogP contribution in [0.3, 0.4) is 0 Å². The lowest BCUT2D eigenvalue weighted by Crippen LogP contribution is -2.30. The summed E-state index contributed by atoms with van der Waals surface area (Å²) in [6, 6.07) is 5.18. The lowest BCUT2D eigenvalue weighted by molar-refractivity contribution is 0.175. The first kappa shape index (κ1) is 10.4. The van der Waals surface area contributed by atoms with Gasteiger partial charge < -0.3 is 10.0 Å². The Bertz CT molecular complexity index is 365. The molecule has 1 N–H and O–H groups in total. The van der Waals surface area contributed by atoms with Gasteiger partial charge in [0.1, 0.15) is 5.82 Å². The fraction of sp³-hybridized carbons (Fsp3) is 0.500. The maximum absolute atomic E-state index is 13.0. The molecule has 82 valence electrons. The summed E-state index contributed by atoms with van der Waals surface area (Å²) in [7, 11) is 2.00. The summed E-state index contributed by atoms with van der Waals surface area (Å²) in [4.78, 5) is 2.13. The molecule has 0 aromatic heterocycles. The summed E-state index contributed by atoms with van der Waals surface area (Å²) in [6.07, 6.45) is 1.25. The van der Waals surface area contributed by atoms with Gasteiger partial charge in [-0.25, -0.2) is 4.39 Å². The van der Waals surface area contributed by atoms with E-state index in [1.54, 1.807) is 13.0 Å². The number of rotatable bonds is 2. The van der Waals surface area contributed by atoms with Crippen molar-refractivity contribution in [3.05, 3.63) is 29.6 Å². The van der Waals surface area contributed by atoms with Gasteiger partial charge in [0, 0.05) is 18.8 Å².